The van der Waals surface area contributed by atoms with Crippen LogP contribution in [0.25, 0.3) is 0 Å². The number of rotatable bonds is 8. The van der Waals surface area contributed by atoms with Crippen LogP contribution in [0.15, 0.2) is 16.5 Å². The molecule has 0 fully saturated rings. The zero-order chi connectivity index (χ0) is 13.4. The fourth-order valence-electron chi connectivity index (χ4n) is 1.78. The van der Waals surface area contributed by atoms with Crippen molar-refractivity contribution in [2.45, 2.75) is 52.7 Å². The molecule has 1 aromatic heterocycles. The summed E-state index contributed by atoms with van der Waals surface area (Å²) in [5.74, 6) is 0.877. The summed E-state index contributed by atoms with van der Waals surface area (Å²) in [6, 6.07) is 3.39. The van der Waals surface area contributed by atoms with Crippen molar-refractivity contribution >= 4 is 5.97 Å². The molecule has 0 aromatic carbocycles. The van der Waals surface area contributed by atoms with Gasteiger partial charge in [0.2, 0.25) is 0 Å². The smallest absolute Gasteiger partial charge is 0.309 e. The molecule has 4 nitrogen and oxygen atoms in total. The molecule has 1 N–H and O–H groups in total. The van der Waals surface area contributed by atoms with Crippen molar-refractivity contribution in [1.82, 2.24) is 0 Å². The minimum Gasteiger partial charge on any atom is -0.460 e. The predicted octanol–water partition coefficient (Wildman–Crippen LogP) is 3.03. The lowest BCUT2D eigenvalue weighted by Gasteiger charge is -2.12. The minimum absolute atomic E-state index is 0.0165. The maximum atomic E-state index is 11.8. The van der Waals surface area contributed by atoms with Crippen LogP contribution in [0, 0.1) is 5.92 Å². The number of esters is 1. The van der Waals surface area contributed by atoms with Crippen LogP contribution in [0.2, 0.25) is 0 Å². The molecular weight excluding hydrogens is 232 g/mol. The van der Waals surface area contributed by atoms with E-state index in [2.05, 4.69) is 6.92 Å². The van der Waals surface area contributed by atoms with Gasteiger partial charge in [0.25, 0.3) is 0 Å². The maximum absolute atomic E-state index is 11.8. The van der Waals surface area contributed by atoms with E-state index in [9.17, 15) is 4.79 Å². The van der Waals surface area contributed by atoms with Gasteiger partial charge in [0.1, 0.15) is 24.7 Å². The number of aliphatic hydroxyl groups excluding tert-OH is 1. The second kappa shape index (κ2) is 7.93. The van der Waals surface area contributed by atoms with Gasteiger partial charge < -0.3 is 14.3 Å². The van der Waals surface area contributed by atoms with Crippen LogP contribution in [-0.4, -0.2) is 11.1 Å². The number of hydrogen-bond acceptors (Lipinski definition) is 4. The van der Waals surface area contributed by atoms with E-state index in [4.69, 9.17) is 14.3 Å². The Morgan fingerprint density at radius 3 is 2.67 bits per heavy atom. The van der Waals surface area contributed by atoms with Crippen molar-refractivity contribution in [3.8, 4) is 0 Å². The van der Waals surface area contributed by atoms with Crippen LogP contribution in [-0.2, 0) is 22.7 Å². The number of aliphatic hydroxyl groups is 1. The molecule has 0 amide bonds. The molecule has 1 heterocycles. The fourth-order valence-corrected chi connectivity index (χ4v) is 1.78. The van der Waals surface area contributed by atoms with E-state index < -0.39 is 0 Å². The molecule has 1 aromatic rings. The van der Waals surface area contributed by atoms with Crippen molar-refractivity contribution in [3.05, 3.63) is 23.7 Å². The quantitative estimate of drug-likeness (QED) is 0.724. The van der Waals surface area contributed by atoms with Gasteiger partial charge in [-0.15, -0.1) is 0 Å². The molecule has 4 heteroatoms. The number of furan rings is 1. The lowest BCUT2D eigenvalue weighted by molar-refractivity contribution is -0.150. The Kier molecular flexibility index (Phi) is 6.50. The summed E-state index contributed by atoms with van der Waals surface area (Å²) < 4.78 is 10.5. The van der Waals surface area contributed by atoms with Gasteiger partial charge in [-0.2, -0.15) is 0 Å². The molecule has 1 atom stereocenters. The first-order chi connectivity index (χ1) is 8.71. The minimum atomic E-state index is -0.159. The second-order valence-corrected chi connectivity index (χ2v) is 4.38. The zero-order valence-electron chi connectivity index (χ0n) is 11.1. The first-order valence-electron chi connectivity index (χ1n) is 6.56. The largest absolute Gasteiger partial charge is 0.460 e. The van der Waals surface area contributed by atoms with E-state index in [-0.39, 0.29) is 25.1 Å². The average Bonchev–Trinajstić information content (AvgIpc) is 2.85. The summed E-state index contributed by atoms with van der Waals surface area (Å²) in [7, 11) is 0. The van der Waals surface area contributed by atoms with Gasteiger partial charge in [0.05, 0.1) is 5.92 Å². The Labute approximate surface area is 108 Å². The molecule has 0 spiro atoms. The van der Waals surface area contributed by atoms with Crippen LogP contribution in [0.3, 0.4) is 0 Å². The molecule has 1 rings (SSSR count). The molecule has 1 unspecified atom stereocenters. The van der Waals surface area contributed by atoms with Crippen molar-refractivity contribution in [2.24, 2.45) is 5.92 Å². The Bertz CT molecular complexity index is 356. The lowest BCUT2D eigenvalue weighted by atomic mass is 10.00. The van der Waals surface area contributed by atoms with Gasteiger partial charge in [-0.3, -0.25) is 4.79 Å². The van der Waals surface area contributed by atoms with Crippen molar-refractivity contribution in [2.75, 3.05) is 0 Å². The number of carbonyl (C=O) groups is 1. The van der Waals surface area contributed by atoms with Gasteiger partial charge in [0.15, 0.2) is 0 Å². The highest BCUT2D eigenvalue weighted by Crippen LogP contribution is 2.16. The van der Waals surface area contributed by atoms with Gasteiger partial charge >= 0.3 is 5.97 Å². The van der Waals surface area contributed by atoms with E-state index in [1.807, 2.05) is 6.92 Å². The molecule has 0 saturated carbocycles. The number of ether oxygens (including phenoxy) is 1. The highest BCUT2D eigenvalue weighted by molar-refractivity contribution is 5.72. The summed E-state index contributed by atoms with van der Waals surface area (Å²) in [5.41, 5.74) is 0. The molecule has 102 valence electrons. The van der Waals surface area contributed by atoms with Crippen LogP contribution in [0.5, 0.6) is 0 Å². The molecular formula is C14H22O4. The van der Waals surface area contributed by atoms with Crippen LogP contribution < -0.4 is 0 Å². The monoisotopic (exact) mass is 254 g/mol. The summed E-state index contributed by atoms with van der Waals surface area (Å²) >= 11 is 0. The normalized spacial score (nSPS) is 12.4. The predicted molar refractivity (Wildman–Crippen MR) is 67.7 cm³/mol. The Hall–Kier alpha value is -1.29. The molecule has 0 radical (unpaired) electrons. The maximum Gasteiger partial charge on any atom is 0.309 e. The lowest BCUT2D eigenvalue weighted by Crippen LogP contribution is -2.16. The Balaban J connectivity index is 2.38. The van der Waals surface area contributed by atoms with E-state index in [0.29, 0.717) is 11.5 Å². The van der Waals surface area contributed by atoms with Gasteiger partial charge in [-0.05, 0) is 25.0 Å². The molecule has 0 aliphatic carbocycles. The highest BCUT2D eigenvalue weighted by atomic mass is 16.5. The molecule has 0 aliphatic rings. The van der Waals surface area contributed by atoms with E-state index in [1.165, 1.54) is 0 Å². The van der Waals surface area contributed by atoms with E-state index in [0.717, 1.165) is 25.7 Å². The third-order valence-corrected chi connectivity index (χ3v) is 2.96. The standard InChI is InChI=1S/C14H22O4/c1-3-5-6-11(4-2)14(16)17-10-13-8-7-12(9-15)18-13/h7-8,11,15H,3-6,9-10H2,1-2H3. The molecule has 0 saturated heterocycles. The zero-order valence-corrected chi connectivity index (χ0v) is 11.1. The Morgan fingerprint density at radius 1 is 1.39 bits per heavy atom. The average molecular weight is 254 g/mol. The molecule has 0 aliphatic heterocycles. The SMILES string of the molecule is CCCCC(CC)C(=O)OCc1ccc(CO)o1. The first kappa shape index (κ1) is 14.8. The summed E-state index contributed by atoms with van der Waals surface area (Å²) in [5, 5.41) is 8.85. The summed E-state index contributed by atoms with van der Waals surface area (Å²) in [6.45, 7) is 4.11. The molecule has 0 bridgehead atoms. The van der Waals surface area contributed by atoms with Gasteiger partial charge in [-0.1, -0.05) is 26.7 Å². The molecule has 18 heavy (non-hydrogen) atoms. The number of hydrogen-bond donors (Lipinski definition) is 1. The Morgan fingerprint density at radius 2 is 2.11 bits per heavy atom. The number of unbranched alkanes of at least 4 members (excludes halogenated alkanes) is 1. The van der Waals surface area contributed by atoms with Crippen LogP contribution in [0.4, 0.5) is 0 Å². The van der Waals surface area contributed by atoms with E-state index in [1.54, 1.807) is 12.1 Å². The van der Waals surface area contributed by atoms with E-state index >= 15 is 0 Å². The second-order valence-electron chi connectivity index (χ2n) is 4.38. The third kappa shape index (κ3) is 4.53. The van der Waals surface area contributed by atoms with Crippen molar-refractivity contribution in [3.63, 3.8) is 0 Å². The number of carbonyl (C=O) groups excluding carboxylic acids is 1. The third-order valence-electron chi connectivity index (χ3n) is 2.96. The topological polar surface area (TPSA) is 59.7 Å². The van der Waals surface area contributed by atoms with Crippen molar-refractivity contribution < 1.29 is 19.1 Å². The van der Waals surface area contributed by atoms with Gasteiger partial charge in [-0.25, -0.2) is 0 Å². The first-order valence-corrected chi connectivity index (χ1v) is 6.56. The fraction of sp³-hybridized carbons (Fsp3) is 0.643. The highest BCUT2D eigenvalue weighted by Gasteiger charge is 2.17. The van der Waals surface area contributed by atoms with Crippen LogP contribution in [0.1, 0.15) is 51.1 Å². The van der Waals surface area contributed by atoms with Gasteiger partial charge in [0, 0.05) is 0 Å². The van der Waals surface area contributed by atoms with Crippen LogP contribution >= 0.6 is 0 Å². The summed E-state index contributed by atoms with van der Waals surface area (Å²) in [4.78, 5) is 11.8. The summed E-state index contributed by atoms with van der Waals surface area (Å²) in [6.07, 6.45) is 3.82. The van der Waals surface area contributed by atoms with Crippen molar-refractivity contribution in [1.29, 1.82) is 0 Å².